The average molecular weight is 257 g/mol. The van der Waals surface area contributed by atoms with Crippen molar-refractivity contribution >= 4 is 99.4 Å². The molecule has 0 spiro atoms. The Morgan fingerprint density at radius 3 is 1.00 bits per heavy atom. The van der Waals surface area contributed by atoms with E-state index in [1.165, 1.54) is 0 Å². The van der Waals surface area contributed by atoms with Crippen molar-refractivity contribution in [3.63, 3.8) is 0 Å². The summed E-state index contributed by atoms with van der Waals surface area (Å²) in [6.07, 6.45) is 0. The summed E-state index contributed by atoms with van der Waals surface area (Å²) in [6, 6.07) is 0. The van der Waals surface area contributed by atoms with E-state index in [4.69, 9.17) is 18.5 Å². The fourth-order valence-electron chi connectivity index (χ4n) is 0. The van der Waals surface area contributed by atoms with Gasteiger partial charge in [-0.15, -0.1) is 22.2 Å². The monoisotopic (exact) mass is 256 g/mol. The van der Waals surface area contributed by atoms with Crippen molar-refractivity contribution in [1.29, 1.82) is 0 Å². The Labute approximate surface area is 116 Å². The smallest absolute Gasteiger partial charge is 2.00 e. The first-order valence-corrected chi connectivity index (χ1v) is 5.85. The molecule has 0 rings (SSSR count). The van der Waals surface area contributed by atoms with Gasteiger partial charge in [-0.2, -0.15) is 0 Å². The average Bonchev–Trinajstić information content (AvgIpc) is 1.25. The van der Waals surface area contributed by atoms with E-state index < -0.39 is 16.5 Å². The maximum Gasteiger partial charge on any atom is 2.00 e. The van der Waals surface area contributed by atoms with E-state index >= 15 is 0 Å². The molecule has 0 saturated carbocycles. The van der Waals surface area contributed by atoms with Crippen molar-refractivity contribution in [3.8, 4) is 0 Å². The molecule has 0 aliphatic heterocycles. The predicted octanol–water partition coefficient (Wildman–Crippen LogP) is -3.30. The topological polar surface area (TPSA) is 80.3 Å². The molecule has 0 fully saturated rings. The van der Waals surface area contributed by atoms with Crippen LogP contribution in [0.25, 0.3) is 0 Å². The van der Waals surface area contributed by atoms with Gasteiger partial charge in [0.1, 0.15) is 0 Å². The van der Waals surface area contributed by atoms with Gasteiger partial charge in [0.25, 0.3) is 16.5 Å². The summed E-state index contributed by atoms with van der Waals surface area (Å²) < 4.78 is 17.7. The van der Waals surface area contributed by atoms with Crippen molar-refractivity contribution < 1.29 is 18.5 Å². The summed E-state index contributed by atoms with van der Waals surface area (Å²) in [6.45, 7) is 0. The second kappa shape index (κ2) is 17.4. The van der Waals surface area contributed by atoms with Gasteiger partial charge in [0.15, 0.2) is 0 Å². The van der Waals surface area contributed by atoms with Gasteiger partial charge in [-0.3, -0.25) is 0 Å². The Morgan fingerprint density at radius 1 is 1.00 bits per heavy atom. The first kappa shape index (κ1) is 22.8. The third kappa shape index (κ3) is 174. The second-order valence-electron chi connectivity index (χ2n) is 0.475. The van der Waals surface area contributed by atoms with Crippen LogP contribution >= 0.6 is 22.2 Å². The van der Waals surface area contributed by atoms with Crippen molar-refractivity contribution in [2.45, 2.75) is 0 Å². The van der Waals surface area contributed by atoms with E-state index in [9.17, 15) is 0 Å². The van der Waals surface area contributed by atoms with Crippen molar-refractivity contribution in [1.82, 2.24) is 0 Å². The van der Waals surface area contributed by atoms with Crippen molar-refractivity contribution in [2.75, 3.05) is 0 Å². The zero-order valence-corrected chi connectivity index (χ0v) is 9.02. The van der Waals surface area contributed by atoms with Gasteiger partial charge < -0.3 is 18.5 Å². The van der Waals surface area contributed by atoms with Crippen LogP contribution in [0.1, 0.15) is 0 Å². The molecule has 0 atom stereocenters. The van der Waals surface area contributed by atoms with Gasteiger partial charge >= 0.3 is 60.8 Å². The zero-order chi connectivity index (χ0) is 7.15. The number of hydrogen-bond donors (Lipinski definition) is 0. The quantitative estimate of drug-likeness (QED) is 0.336. The summed E-state index contributed by atoms with van der Waals surface area (Å²) >= 11 is 8.53. The van der Waals surface area contributed by atoms with Crippen LogP contribution < -0.4 is 9.59 Å². The van der Waals surface area contributed by atoms with Gasteiger partial charge in [-0.25, -0.2) is 0 Å². The molecule has 0 aliphatic rings. The first-order chi connectivity index (χ1) is 3.46. The molecule has 0 aliphatic carbocycles. The molecule has 0 heterocycles. The molecule has 10 heteroatoms. The summed E-state index contributed by atoms with van der Waals surface area (Å²) in [7, 11) is -5.81. The van der Waals surface area contributed by atoms with Crippen LogP contribution in [0, 0.1) is 0 Å². The molecular formula is H2CaCl2MgO4Si2. The van der Waals surface area contributed by atoms with E-state index in [0.29, 0.717) is 0 Å². The summed E-state index contributed by atoms with van der Waals surface area (Å²) in [5.74, 6) is 0. The van der Waals surface area contributed by atoms with Gasteiger partial charge in [0.2, 0.25) is 0 Å². The molecule has 0 saturated heterocycles. The molecule has 52 valence electrons. The Balaban J connectivity index is -0.0000000300. The summed E-state index contributed by atoms with van der Waals surface area (Å²) in [5, 5.41) is 0. The van der Waals surface area contributed by atoms with Gasteiger partial charge in [-0.05, 0) is 0 Å². The van der Waals surface area contributed by atoms with Crippen LogP contribution in [0.4, 0.5) is 0 Å². The largest absolute Gasteiger partial charge is 2.00 e. The minimum Gasteiger partial charge on any atom is 2.00 e. The van der Waals surface area contributed by atoms with Gasteiger partial charge in [0, 0.05) is 0 Å². The van der Waals surface area contributed by atoms with E-state index in [1.807, 2.05) is 0 Å². The molecule has 4 nitrogen and oxygen atoms in total. The molecule has 0 N–H and O–H groups in total. The fourth-order valence-corrected chi connectivity index (χ4v) is 0. The van der Waals surface area contributed by atoms with Crippen molar-refractivity contribution in [2.24, 2.45) is 0 Å². The third-order valence-corrected chi connectivity index (χ3v) is 0. The molecule has 0 aromatic carbocycles. The minimum absolute atomic E-state index is 0. The maximum absolute atomic E-state index is 8.84. The summed E-state index contributed by atoms with van der Waals surface area (Å²) in [5.41, 5.74) is 0. The first-order valence-electron chi connectivity index (χ1n) is 1.19. The Morgan fingerprint density at radius 2 is 1.00 bits per heavy atom. The van der Waals surface area contributed by atoms with Crippen LogP contribution in [0.3, 0.4) is 0 Å². The van der Waals surface area contributed by atoms with Crippen LogP contribution in [-0.4, -0.2) is 77.3 Å². The molecular weight excluding hydrogens is 255 g/mol. The Bertz CT molecular complexity index is 79.3. The molecule has 0 aromatic rings. The van der Waals surface area contributed by atoms with E-state index in [0.717, 1.165) is 0 Å². The minimum atomic E-state index is -2.91. The van der Waals surface area contributed by atoms with E-state index in [1.54, 1.807) is 0 Å². The standard InChI is InChI=1S/Ca.2ClO2Si.Mg.2H/c;2*1-4(2)3;;;/q;2*-1;+2;;. The second-order valence-corrected chi connectivity index (χ2v) is 3.28. The van der Waals surface area contributed by atoms with E-state index in [2.05, 4.69) is 22.2 Å². The normalized spacial score (nSPS) is 5.00. The van der Waals surface area contributed by atoms with Crippen LogP contribution in [0.5, 0.6) is 0 Å². The third-order valence-electron chi connectivity index (χ3n) is 0. The van der Waals surface area contributed by atoms with E-state index in [-0.39, 0.29) is 60.8 Å². The SMILES string of the molecule is O=[Si]([O-])Cl.O=[Si]([O-])Cl.[CaH2].[Mg+2]. The molecule has 0 aromatic heterocycles. The molecule has 0 amide bonds. The Kier molecular flexibility index (Phi) is 39.5. The van der Waals surface area contributed by atoms with Crippen LogP contribution in [-0.2, 0) is 8.92 Å². The van der Waals surface area contributed by atoms with Gasteiger partial charge in [0.05, 0.1) is 0 Å². The van der Waals surface area contributed by atoms with Crippen LogP contribution in [0.2, 0.25) is 0 Å². The van der Waals surface area contributed by atoms with Gasteiger partial charge in [-0.1, -0.05) is 0 Å². The van der Waals surface area contributed by atoms with Crippen LogP contribution in [0.15, 0.2) is 0 Å². The number of rotatable bonds is 0. The maximum atomic E-state index is 8.84. The number of hydrogen-bond acceptors (Lipinski definition) is 4. The molecule has 0 unspecified atom stereocenters. The van der Waals surface area contributed by atoms with Crippen molar-refractivity contribution in [3.05, 3.63) is 0 Å². The molecule has 0 bridgehead atoms. The Hall–Kier alpha value is 2.24. The fraction of sp³-hybridized carbons (Fsp3) is 0. The predicted molar refractivity (Wildman–Crippen MR) is 38.9 cm³/mol. The zero-order valence-electron chi connectivity index (χ0n) is 4.10. The number of halogens is 2. The summed E-state index contributed by atoms with van der Waals surface area (Å²) in [4.78, 5) is 17.7. The molecule has 10 heavy (non-hydrogen) atoms. The molecule has 0 radical (unpaired) electrons.